The van der Waals surface area contributed by atoms with E-state index in [0.717, 1.165) is 41.4 Å². The molecule has 5 aromatic rings. The molecule has 14 atom stereocenters. The first-order chi connectivity index (χ1) is 62.9. The van der Waals surface area contributed by atoms with Crippen LogP contribution >= 0.6 is 23.1 Å². The summed E-state index contributed by atoms with van der Waals surface area (Å²) >= 11 is 2.12. The summed E-state index contributed by atoms with van der Waals surface area (Å²) in [5.74, 6) is -17.5. The summed E-state index contributed by atoms with van der Waals surface area (Å²) in [6, 6.07) is -1.60. The van der Waals surface area contributed by atoms with E-state index in [1.165, 1.54) is 68.6 Å². The second kappa shape index (κ2) is 50.8. The number of phenols is 1. The third-order valence-electron chi connectivity index (χ3n) is 23.7. The van der Waals surface area contributed by atoms with Crippen molar-refractivity contribution in [3.63, 3.8) is 0 Å². The van der Waals surface area contributed by atoms with Crippen molar-refractivity contribution in [3.05, 3.63) is 101 Å². The molecule has 43 heteroatoms. The fourth-order valence-electron chi connectivity index (χ4n) is 16.1. The largest absolute Gasteiger partial charge is 0.508 e. The van der Waals surface area contributed by atoms with E-state index in [0.29, 0.717) is 59.7 Å². The van der Waals surface area contributed by atoms with Crippen LogP contribution < -0.4 is 75.7 Å². The zero-order valence-corrected chi connectivity index (χ0v) is 77.3. The number of rotatable bonds is 26. The van der Waals surface area contributed by atoms with Gasteiger partial charge in [0.15, 0.2) is 5.96 Å². The molecule has 17 amide bonds. The zero-order chi connectivity index (χ0) is 96.7. The second-order valence-electron chi connectivity index (χ2n) is 33.9. The number of benzene rings is 3. The molecule has 720 valence electrons. The number of nitrogens with zero attached hydrogens (tertiary/aromatic N) is 5. The number of H-pyrrole nitrogens is 1. The van der Waals surface area contributed by atoms with Crippen molar-refractivity contribution < 1.29 is 96.8 Å². The normalized spacial score (nSPS) is 24.5. The van der Waals surface area contributed by atoms with Gasteiger partial charge < -0.3 is 120 Å². The Labute approximate surface area is 773 Å². The van der Waals surface area contributed by atoms with Crippen molar-refractivity contribution >= 4 is 150 Å². The highest BCUT2D eigenvalue weighted by molar-refractivity contribution is 8.00. The van der Waals surface area contributed by atoms with Crippen molar-refractivity contribution in [3.8, 4) is 5.75 Å². The number of hydrogen-bond acceptors (Lipinski definition) is 23. The lowest BCUT2D eigenvalue weighted by Gasteiger charge is -2.36. The Hall–Kier alpha value is -12.5. The van der Waals surface area contributed by atoms with E-state index in [1.807, 2.05) is 45.9 Å². The van der Waals surface area contributed by atoms with Gasteiger partial charge in [-0.05, 0) is 129 Å². The Balaban J connectivity index is 1.18. The molecule has 8 rings (SSSR count). The fraction of sp³-hybridized carbons (Fsp3) is 0.551. The Kier molecular flexibility index (Phi) is 40.3. The molecule has 0 saturated carbocycles. The van der Waals surface area contributed by atoms with E-state index in [1.54, 1.807) is 41.9 Å². The summed E-state index contributed by atoms with van der Waals surface area (Å²) in [5.41, 5.74) is 18.9. The van der Waals surface area contributed by atoms with Crippen LogP contribution in [0.15, 0.2) is 84.4 Å². The number of nitrogens with one attached hydrogen (secondary N) is 13. The van der Waals surface area contributed by atoms with Gasteiger partial charge >= 0.3 is 0 Å². The standard InChI is InChI=1S/C89H127N21O20S2/c1-9-11-24-67-81(123)98-58(23-17-35-94-89(92)93)77(119)105-66(76(118)96-43-73(91)115)47-131-48-74(116)97-61(38-51-30-32-54(113)33-31-51)84(126)106(6)50(5)75(117)101-63(41-72(90)114)87(129)110-37-19-27-69(110)83(125)104-65(45-112)79(121)99-59(34-29-49(3)4)86(128)109-36-18-26-68(109)82(124)100-60(39-52-42-95-57-22-15-13-20-55(52)57)78(120)103-64(44-111)80(122)102-62(40-53-46-132-71-28-16-14-21-56(53)71)85(127)108(8)70(25-12-10-2)88(130)107(67)7/h13-16,20-22,28,30-33,42,46,49-50,58-70,95,111-113H,9-12,17-19,23-27,29,34-41,43-45,47-48H2,1-8H3,(H2,90,114)(H2,91,115)(H,96,118)(H,97,116)(H,98,123)(H,99,121)(H,100,124)(H,101,117)(H,102,122)(H,103,120)(H,104,125)(H,105,119)(H4,92,93,94)/t50-,58-,59-,60-,61-,62-,63-,64-,65-,66?,67-,68-,69-,70-/m0/s1. The molecule has 3 fully saturated rings. The summed E-state index contributed by atoms with van der Waals surface area (Å²) in [7, 11) is 3.93. The molecule has 0 bridgehead atoms. The number of phenolic OH excluding ortho intramolecular Hbond substituents is 1. The van der Waals surface area contributed by atoms with Crippen molar-refractivity contribution in [2.75, 3.05) is 72.0 Å². The van der Waals surface area contributed by atoms with Crippen molar-refractivity contribution in [1.29, 1.82) is 5.41 Å². The van der Waals surface area contributed by atoms with Crippen molar-refractivity contribution in [2.24, 2.45) is 23.1 Å². The first-order valence-corrected chi connectivity index (χ1v) is 46.5. The van der Waals surface area contributed by atoms with Crippen LogP contribution in [0.2, 0.25) is 0 Å². The summed E-state index contributed by atoms with van der Waals surface area (Å²) in [4.78, 5) is 257. The minimum Gasteiger partial charge on any atom is -0.508 e. The number of nitrogens with two attached hydrogens (primary N) is 3. The van der Waals surface area contributed by atoms with E-state index in [-0.39, 0.29) is 108 Å². The van der Waals surface area contributed by atoms with Crippen LogP contribution in [0.4, 0.5) is 0 Å². The summed E-state index contributed by atoms with van der Waals surface area (Å²) < 4.78 is 0.822. The van der Waals surface area contributed by atoms with Crippen LogP contribution in [-0.2, 0) is 101 Å². The molecule has 0 radical (unpaired) electrons. The number of fused-ring (bicyclic) bond motifs is 4. The van der Waals surface area contributed by atoms with Crippen molar-refractivity contribution in [2.45, 2.75) is 235 Å². The first kappa shape index (κ1) is 105. The number of aromatic amines is 1. The number of thioether (sulfide) groups is 1. The predicted molar refractivity (Wildman–Crippen MR) is 491 cm³/mol. The van der Waals surface area contributed by atoms with Gasteiger partial charge in [-0.25, -0.2) is 0 Å². The topological polar surface area (TPSA) is 617 Å². The predicted octanol–water partition coefficient (Wildman–Crippen LogP) is -1.75. The molecule has 3 saturated heterocycles. The lowest BCUT2D eigenvalue weighted by Crippen LogP contribution is -2.62. The first-order valence-electron chi connectivity index (χ1n) is 44.5. The van der Waals surface area contributed by atoms with Gasteiger partial charge in [0.25, 0.3) is 0 Å². The average Bonchev–Trinajstić information content (AvgIpc) is 1.67. The Morgan fingerprint density at radius 1 is 0.523 bits per heavy atom. The quantitative estimate of drug-likeness (QED) is 0.0166. The molecule has 2 aromatic heterocycles. The number of aromatic hydroxyl groups is 1. The fourth-order valence-corrected chi connectivity index (χ4v) is 17.9. The number of likely N-dealkylation sites (N-methyl/N-ethyl adjacent to an activating group) is 3. The third-order valence-corrected chi connectivity index (χ3v) is 25.8. The molecular formula is C89H127N21O20S2. The maximum Gasteiger partial charge on any atom is 0.246 e. The maximum atomic E-state index is 15.7. The van der Waals surface area contributed by atoms with Gasteiger partial charge in [0.2, 0.25) is 100 Å². The third kappa shape index (κ3) is 29.5. The Bertz CT molecular complexity index is 4940. The highest BCUT2D eigenvalue weighted by Gasteiger charge is 2.45. The van der Waals surface area contributed by atoms with E-state index >= 15 is 33.6 Å². The van der Waals surface area contributed by atoms with Crippen LogP contribution in [0.3, 0.4) is 0 Å². The van der Waals surface area contributed by atoms with Crippen LogP contribution in [0, 0.1) is 11.3 Å². The number of thiophene rings is 1. The van der Waals surface area contributed by atoms with Crippen LogP contribution in [0.25, 0.3) is 21.0 Å². The Morgan fingerprint density at radius 2 is 1.05 bits per heavy atom. The van der Waals surface area contributed by atoms with Gasteiger partial charge in [0, 0.05) is 87.6 Å². The van der Waals surface area contributed by atoms with Crippen LogP contribution in [0.5, 0.6) is 5.75 Å². The molecule has 3 aliphatic rings. The molecule has 22 N–H and O–H groups in total. The Morgan fingerprint density at radius 3 is 1.65 bits per heavy atom. The van der Waals surface area contributed by atoms with Gasteiger partial charge in [-0.15, -0.1) is 23.1 Å². The number of primary amides is 2. The molecule has 5 heterocycles. The minimum atomic E-state index is -1.84. The summed E-state index contributed by atoms with van der Waals surface area (Å²) in [6.07, 6.45) is 2.34. The number of aromatic nitrogens is 1. The lowest BCUT2D eigenvalue weighted by atomic mass is 10.00. The number of hydrogen-bond donors (Lipinski definition) is 19. The van der Waals surface area contributed by atoms with E-state index in [2.05, 4.69) is 63.5 Å². The lowest BCUT2D eigenvalue weighted by molar-refractivity contribution is -0.149. The SMILES string of the molecule is CCCC[C@H]1C(=O)N(C)[C@@H](CCCC)C(=O)N[C@@H](CCCNC(=N)N)C(=O)NC(C(=O)NCC(N)=O)CSCC(=O)N[C@@H](Cc2ccc(O)cc2)C(=O)N(C)[C@@H](C)C(=O)N[C@@H](CC(N)=O)C(=O)N2CCC[C@H]2C(=O)N[C@@H](CO)C(=O)N[C@@H](CCC(C)C)C(=O)N2CCC[C@H]2C(=O)N[C@@H](Cc2c[nH]c3ccccc23)C(=O)N[C@@H](CO)C(=O)N[C@@H](Cc2csc3ccccc23)C(=O)N1C. The molecule has 1 unspecified atom stereocenters. The molecular weight excluding hydrogens is 1750 g/mol. The number of carbonyl (C=O) groups excluding carboxylic acids is 17. The number of amides is 17. The van der Waals surface area contributed by atoms with Gasteiger partial charge in [0.1, 0.15) is 90.3 Å². The number of unbranched alkanes of at least 4 members (excludes halogenated alkanes) is 2. The summed E-state index contributed by atoms with van der Waals surface area (Å²) in [5, 5.41) is 72.1. The summed E-state index contributed by atoms with van der Waals surface area (Å²) in [6.45, 7) is 5.70. The molecule has 41 nitrogen and oxygen atoms in total. The highest BCUT2D eigenvalue weighted by Crippen LogP contribution is 2.30. The smallest absolute Gasteiger partial charge is 0.246 e. The van der Waals surface area contributed by atoms with Gasteiger partial charge in [-0.2, -0.15) is 0 Å². The number of aliphatic hydroxyl groups excluding tert-OH is 2. The van der Waals surface area contributed by atoms with E-state index in [4.69, 9.17) is 22.6 Å². The number of guanidine groups is 1. The van der Waals surface area contributed by atoms with Crippen LogP contribution in [-0.4, -0.2) is 308 Å². The van der Waals surface area contributed by atoms with Gasteiger partial charge in [-0.3, -0.25) is 86.9 Å². The van der Waals surface area contributed by atoms with Gasteiger partial charge in [0.05, 0.1) is 31.9 Å². The number of para-hydroxylation sites is 1. The minimum absolute atomic E-state index is 0.00754. The molecule has 0 aliphatic carbocycles. The monoisotopic (exact) mass is 1870 g/mol. The number of aliphatic hydroxyl groups is 2. The highest BCUT2D eigenvalue weighted by atomic mass is 32.2. The van der Waals surface area contributed by atoms with E-state index < -0.39 is 229 Å². The molecule has 132 heavy (non-hydrogen) atoms. The average molecular weight is 1880 g/mol. The van der Waals surface area contributed by atoms with Crippen LogP contribution in [0.1, 0.15) is 148 Å². The number of carbonyl (C=O) groups is 17. The van der Waals surface area contributed by atoms with E-state index in [9.17, 15) is 63.3 Å². The molecule has 0 spiro atoms. The zero-order valence-electron chi connectivity index (χ0n) is 75.7. The van der Waals surface area contributed by atoms with Crippen molar-refractivity contribution in [1.82, 2.24) is 88.0 Å². The second-order valence-corrected chi connectivity index (χ2v) is 35.9. The molecule has 3 aromatic carbocycles. The van der Waals surface area contributed by atoms with Gasteiger partial charge in [-0.1, -0.05) is 102 Å². The maximum absolute atomic E-state index is 15.7. The molecule has 3 aliphatic heterocycles.